The van der Waals surface area contributed by atoms with Crippen molar-refractivity contribution >= 4 is 38.1 Å². The van der Waals surface area contributed by atoms with Gasteiger partial charge in [-0.05, 0) is 43.2 Å². The molecule has 0 radical (unpaired) electrons. The van der Waals surface area contributed by atoms with Gasteiger partial charge in [0.15, 0.2) is 5.13 Å². The van der Waals surface area contributed by atoms with Crippen LogP contribution in [0.25, 0.3) is 0 Å². The number of nitrogens with one attached hydrogen (secondary N) is 2. The highest BCUT2D eigenvalue weighted by molar-refractivity contribution is 7.92. The van der Waals surface area contributed by atoms with Crippen LogP contribution < -0.4 is 10.0 Å². The second-order valence-electron chi connectivity index (χ2n) is 5.69. The van der Waals surface area contributed by atoms with Gasteiger partial charge in [-0.2, -0.15) is 0 Å². The molecule has 2 N–H and O–H groups in total. The van der Waals surface area contributed by atoms with E-state index in [9.17, 15) is 13.2 Å². The summed E-state index contributed by atoms with van der Waals surface area (Å²) in [6.07, 6.45) is 1.58. The van der Waals surface area contributed by atoms with Crippen LogP contribution in [0, 0.1) is 13.8 Å². The fourth-order valence-electron chi connectivity index (χ4n) is 2.35. The van der Waals surface area contributed by atoms with E-state index in [0.717, 1.165) is 5.56 Å². The minimum atomic E-state index is -3.81. The summed E-state index contributed by atoms with van der Waals surface area (Å²) in [5, 5.41) is 4.87. The summed E-state index contributed by atoms with van der Waals surface area (Å²) in [5.41, 5.74) is 2.27. The molecule has 0 spiro atoms. The molecule has 134 valence electrons. The van der Waals surface area contributed by atoms with Gasteiger partial charge in [0.05, 0.1) is 10.6 Å². The SMILES string of the molecule is Cc1ccccc1NS(=O)(=O)c1ccc(C)c(C(=O)Nc2nccs2)c1. The number of aromatic nitrogens is 1. The van der Waals surface area contributed by atoms with Gasteiger partial charge in [0.25, 0.3) is 15.9 Å². The monoisotopic (exact) mass is 387 g/mol. The molecule has 3 aromatic rings. The second kappa shape index (κ2) is 7.27. The van der Waals surface area contributed by atoms with Gasteiger partial charge in [-0.15, -0.1) is 11.3 Å². The van der Waals surface area contributed by atoms with E-state index in [-0.39, 0.29) is 10.5 Å². The van der Waals surface area contributed by atoms with Gasteiger partial charge in [0, 0.05) is 17.1 Å². The maximum atomic E-state index is 12.7. The number of anilines is 2. The Morgan fingerprint density at radius 2 is 1.85 bits per heavy atom. The van der Waals surface area contributed by atoms with Crippen LogP contribution in [0.5, 0.6) is 0 Å². The number of thiazole rings is 1. The molecule has 0 aliphatic heterocycles. The fraction of sp³-hybridized carbons (Fsp3) is 0.111. The van der Waals surface area contributed by atoms with Crippen LogP contribution in [0.2, 0.25) is 0 Å². The predicted molar refractivity (Wildman–Crippen MR) is 103 cm³/mol. The van der Waals surface area contributed by atoms with Crippen molar-refractivity contribution in [2.24, 2.45) is 0 Å². The van der Waals surface area contributed by atoms with E-state index in [0.29, 0.717) is 16.4 Å². The summed E-state index contributed by atoms with van der Waals surface area (Å²) in [5.74, 6) is -0.398. The molecular formula is C18H17N3O3S2. The first kappa shape index (κ1) is 18.1. The quantitative estimate of drug-likeness (QED) is 0.697. The maximum Gasteiger partial charge on any atom is 0.261 e. The van der Waals surface area contributed by atoms with E-state index in [1.807, 2.05) is 19.1 Å². The summed E-state index contributed by atoms with van der Waals surface area (Å²) in [6, 6.07) is 11.6. The van der Waals surface area contributed by atoms with Gasteiger partial charge < -0.3 is 0 Å². The lowest BCUT2D eigenvalue weighted by atomic mass is 10.1. The third kappa shape index (κ3) is 3.92. The normalized spacial score (nSPS) is 11.2. The molecule has 0 saturated carbocycles. The van der Waals surface area contributed by atoms with Crippen molar-refractivity contribution < 1.29 is 13.2 Å². The zero-order valence-electron chi connectivity index (χ0n) is 14.2. The molecule has 1 heterocycles. The van der Waals surface area contributed by atoms with Crippen LogP contribution in [0.15, 0.2) is 58.9 Å². The maximum absolute atomic E-state index is 12.7. The molecule has 0 saturated heterocycles. The molecule has 0 bridgehead atoms. The van der Waals surface area contributed by atoms with E-state index >= 15 is 0 Å². The molecular weight excluding hydrogens is 370 g/mol. The highest BCUT2D eigenvalue weighted by Crippen LogP contribution is 2.22. The first-order chi connectivity index (χ1) is 12.4. The molecule has 0 atom stereocenters. The highest BCUT2D eigenvalue weighted by Gasteiger charge is 2.19. The molecule has 1 aromatic heterocycles. The Labute approximate surface area is 156 Å². The van der Waals surface area contributed by atoms with Gasteiger partial charge >= 0.3 is 0 Å². The Kier molecular flexibility index (Phi) is 5.06. The lowest BCUT2D eigenvalue weighted by Crippen LogP contribution is -2.17. The Morgan fingerprint density at radius 1 is 1.08 bits per heavy atom. The van der Waals surface area contributed by atoms with Crippen LogP contribution in [0.3, 0.4) is 0 Å². The van der Waals surface area contributed by atoms with Crippen molar-refractivity contribution in [3.8, 4) is 0 Å². The number of sulfonamides is 1. The molecule has 0 aliphatic rings. The lowest BCUT2D eigenvalue weighted by Gasteiger charge is -2.12. The first-order valence-electron chi connectivity index (χ1n) is 7.77. The third-order valence-corrected chi connectivity index (χ3v) is 5.86. The average Bonchev–Trinajstić information content (AvgIpc) is 3.10. The van der Waals surface area contributed by atoms with Crippen molar-refractivity contribution in [1.82, 2.24) is 4.98 Å². The summed E-state index contributed by atoms with van der Waals surface area (Å²) in [6.45, 7) is 3.57. The minimum absolute atomic E-state index is 0.0237. The van der Waals surface area contributed by atoms with Crippen molar-refractivity contribution in [2.75, 3.05) is 10.0 Å². The lowest BCUT2D eigenvalue weighted by molar-refractivity contribution is 0.102. The molecule has 1 amide bonds. The third-order valence-electron chi connectivity index (χ3n) is 3.81. The summed E-state index contributed by atoms with van der Waals surface area (Å²) in [7, 11) is -3.81. The Bertz CT molecular complexity index is 1050. The average molecular weight is 387 g/mol. The number of carbonyl (C=O) groups excluding carboxylic acids is 1. The summed E-state index contributed by atoms with van der Waals surface area (Å²) >= 11 is 1.29. The van der Waals surface area contributed by atoms with E-state index in [4.69, 9.17) is 0 Å². The number of amides is 1. The number of carbonyl (C=O) groups is 1. The smallest absolute Gasteiger partial charge is 0.261 e. The van der Waals surface area contributed by atoms with Crippen LogP contribution in [0.1, 0.15) is 21.5 Å². The van der Waals surface area contributed by atoms with Gasteiger partial charge in [-0.25, -0.2) is 13.4 Å². The molecule has 0 aliphatic carbocycles. The van der Waals surface area contributed by atoms with Crippen molar-refractivity contribution in [3.63, 3.8) is 0 Å². The number of rotatable bonds is 5. The molecule has 0 fully saturated rings. The molecule has 6 nitrogen and oxygen atoms in total. The van der Waals surface area contributed by atoms with Gasteiger partial charge in [0.1, 0.15) is 0 Å². The number of benzene rings is 2. The summed E-state index contributed by atoms with van der Waals surface area (Å²) in [4.78, 5) is 16.5. The molecule has 8 heteroatoms. The van der Waals surface area contributed by atoms with Gasteiger partial charge in [0.2, 0.25) is 0 Å². The Hall–Kier alpha value is -2.71. The van der Waals surface area contributed by atoms with Crippen molar-refractivity contribution in [3.05, 3.63) is 70.7 Å². The Morgan fingerprint density at radius 3 is 2.54 bits per heavy atom. The van der Waals surface area contributed by atoms with E-state index in [1.165, 1.54) is 23.5 Å². The van der Waals surface area contributed by atoms with Crippen molar-refractivity contribution in [2.45, 2.75) is 18.7 Å². The number of hydrogen-bond donors (Lipinski definition) is 2. The van der Waals surface area contributed by atoms with Crippen LogP contribution in [-0.4, -0.2) is 19.3 Å². The zero-order chi connectivity index (χ0) is 18.7. The number of para-hydroxylation sites is 1. The number of aryl methyl sites for hydroxylation is 2. The van der Waals surface area contributed by atoms with Crippen LogP contribution in [-0.2, 0) is 10.0 Å². The number of nitrogens with zero attached hydrogens (tertiary/aromatic N) is 1. The molecule has 0 unspecified atom stereocenters. The van der Waals surface area contributed by atoms with E-state index in [1.54, 1.807) is 36.7 Å². The van der Waals surface area contributed by atoms with E-state index in [2.05, 4.69) is 15.0 Å². The highest BCUT2D eigenvalue weighted by atomic mass is 32.2. The van der Waals surface area contributed by atoms with Crippen LogP contribution in [0.4, 0.5) is 10.8 Å². The Balaban J connectivity index is 1.91. The minimum Gasteiger partial charge on any atom is -0.298 e. The van der Waals surface area contributed by atoms with Gasteiger partial charge in [-0.1, -0.05) is 24.3 Å². The molecule has 2 aromatic carbocycles. The topological polar surface area (TPSA) is 88.2 Å². The second-order valence-corrected chi connectivity index (χ2v) is 8.27. The molecule has 26 heavy (non-hydrogen) atoms. The first-order valence-corrected chi connectivity index (χ1v) is 10.1. The predicted octanol–water partition coefficient (Wildman–Crippen LogP) is 3.81. The standard InChI is InChI=1S/C18H17N3O3S2/c1-12-7-8-14(11-15(12)17(22)20-18-19-9-10-25-18)26(23,24)21-16-6-4-3-5-13(16)2/h3-11,21H,1-2H3,(H,19,20,22). The van der Waals surface area contributed by atoms with Crippen LogP contribution >= 0.6 is 11.3 Å². The zero-order valence-corrected chi connectivity index (χ0v) is 15.8. The summed E-state index contributed by atoms with van der Waals surface area (Å²) < 4.78 is 28.0. The number of hydrogen-bond acceptors (Lipinski definition) is 5. The largest absolute Gasteiger partial charge is 0.298 e. The fourth-order valence-corrected chi connectivity index (χ4v) is 4.03. The van der Waals surface area contributed by atoms with E-state index < -0.39 is 15.9 Å². The van der Waals surface area contributed by atoms with Crippen molar-refractivity contribution in [1.29, 1.82) is 0 Å². The molecule has 3 rings (SSSR count). The van der Waals surface area contributed by atoms with Gasteiger partial charge in [-0.3, -0.25) is 14.8 Å².